The van der Waals surface area contributed by atoms with Crippen molar-refractivity contribution in [3.8, 4) is 0 Å². The van der Waals surface area contributed by atoms with Crippen LogP contribution in [0.2, 0.25) is 0 Å². The van der Waals surface area contributed by atoms with Gasteiger partial charge in [0.2, 0.25) is 5.91 Å². The van der Waals surface area contributed by atoms with Crippen LogP contribution in [0.5, 0.6) is 0 Å². The summed E-state index contributed by atoms with van der Waals surface area (Å²) in [5.41, 5.74) is -0.341. The predicted octanol–water partition coefficient (Wildman–Crippen LogP) is 4.24. The number of halogens is 3. The molecule has 2 amide bonds. The van der Waals surface area contributed by atoms with Gasteiger partial charge in [0, 0.05) is 13.1 Å². The Labute approximate surface area is 161 Å². The molecule has 1 saturated carbocycles. The number of alkyl halides is 3. The summed E-state index contributed by atoms with van der Waals surface area (Å²) in [5.74, 6) is -0.802. The van der Waals surface area contributed by atoms with Gasteiger partial charge in [-0.3, -0.25) is 4.79 Å². The van der Waals surface area contributed by atoms with Crippen molar-refractivity contribution in [2.24, 2.45) is 5.92 Å². The second-order valence-electron chi connectivity index (χ2n) is 7.72. The monoisotopic (exact) mass is 398 g/mol. The first kappa shape index (κ1) is 20.5. The van der Waals surface area contributed by atoms with E-state index < -0.39 is 23.8 Å². The van der Waals surface area contributed by atoms with Crippen LogP contribution in [0.15, 0.2) is 24.3 Å². The van der Waals surface area contributed by atoms with Gasteiger partial charge < -0.3 is 15.3 Å². The number of hydrogen-bond acceptors (Lipinski definition) is 2. The predicted molar refractivity (Wildman–Crippen MR) is 96.9 cm³/mol. The van der Waals surface area contributed by atoms with Crippen molar-refractivity contribution >= 4 is 12.0 Å². The van der Waals surface area contributed by atoms with Crippen molar-refractivity contribution in [3.05, 3.63) is 35.4 Å². The first-order chi connectivity index (χ1) is 13.3. The standard InChI is InChI=1S/C20H25F3N2O3/c21-20(22,23)15-8-4-7-14(11-15)17(13-5-2-1-3-6-13)18(26)25-10-9-16(12-25)24-19(27)28/h4,7-8,11,13,16-17,24H,1-3,5-6,9-10,12H2,(H,27,28)/t16-,17?/m1/s1. The Morgan fingerprint density at radius 2 is 1.86 bits per heavy atom. The van der Waals surface area contributed by atoms with Crippen LogP contribution >= 0.6 is 0 Å². The Kier molecular flexibility index (Phi) is 6.15. The second-order valence-corrected chi connectivity index (χ2v) is 7.72. The van der Waals surface area contributed by atoms with E-state index >= 15 is 0 Å². The molecule has 0 spiro atoms. The molecule has 1 aliphatic carbocycles. The van der Waals surface area contributed by atoms with Gasteiger partial charge in [-0.15, -0.1) is 0 Å². The first-order valence-corrected chi connectivity index (χ1v) is 9.71. The van der Waals surface area contributed by atoms with E-state index in [0.29, 0.717) is 18.5 Å². The Balaban J connectivity index is 1.85. The second kappa shape index (κ2) is 8.41. The smallest absolute Gasteiger partial charge is 0.416 e. The van der Waals surface area contributed by atoms with E-state index in [4.69, 9.17) is 5.11 Å². The molecule has 1 aromatic rings. The molecular formula is C20H25F3N2O3. The lowest BCUT2D eigenvalue weighted by molar-refractivity contribution is -0.138. The number of amides is 2. The van der Waals surface area contributed by atoms with Crippen molar-refractivity contribution in [1.29, 1.82) is 0 Å². The average Bonchev–Trinajstić information content (AvgIpc) is 3.10. The highest BCUT2D eigenvalue weighted by atomic mass is 19.4. The lowest BCUT2D eigenvalue weighted by Gasteiger charge is -2.33. The maximum Gasteiger partial charge on any atom is 0.416 e. The number of carbonyl (C=O) groups is 2. The van der Waals surface area contributed by atoms with Gasteiger partial charge in [0.15, 0.2) is 0 Å². The van der Waals surface area contributed by atoms with Gasteiger partial charge in [0.1, 0.15) is 0 Å². The molecule has 0 bridgehead atoms. The van der Waals surface area contributed by atoms with E-state index in [1.807, 2.05) is 0 Å². The fourth-order valence-electron chi connectivity index (χ4n) is 4.44. The summed E-state index contributed by atoms with van der Waals surface area (Å²) < 4.78 is 39.6. The summed E-state index contributed by atoms with van der Waals surface area (Å²) in [6.07, 6.45) is -0.435. The third kappa shape index (κ3) is 4.77. The van der Waals surface area contributed by atoms with Crippen molar-refractivity contribution in [2.75, 3.05) is 13.1 Å². The van der Waals surface area contributed by atoms with E-state index in [0.717, 1.165) is 44.2 Å². The molecule has 2 N–H and O–H groups in total. The van der Waals surface area contributed by atoms with Gasteiger partial charge in [0.25, 0.3) is 0 Å². The third-order valence-electron chi connectivity index (χ3n) is 5.79. The molecule has 2 fully saturated rings. The number of carbonyl (C=O) groups excluding carboxylic acids is 1. The summed E-state index contributed by atoms with van der Waals surface area (Å²) >= 11 is 0. The number of nitrogens with one attached hydrogen (secondary N) is 1. The van der Waals surface area contributed by atoms with Gasteiger partial charge in [-0.05, 0) is 36.8 Å². The van der Waals surface area contributed by atoms with E-state index in [1.54, 1.807) is 11.0 Å². The number of carboxylic acid groups (broad SMARTS) is 1. The van der Waals surface area contributed by atoms with Crippen molar-refractivity contribution < 1.29 is 27.9 Å². The number of hydrogen-bond donors (Lipinski definition) is 2. The van der Waals surface area contributed by atoms with Crippen LogP contribution in [0.4, 0.5) is 18.0 Å². The van der Waals surface area contributed by atoms with Crippen LogP contribution in [-0.2, 0) is 11.0 Å². The van der Waals surface area contributed by atoms with Gasteiger partial charge in [-0.25, -0.2) is 4.79 Å². The van der Waals surface area contributed by atoms with Gasteiger partial charge in [0.05, 0.1) is 17.5 Å². The molecule has 1 aliphatic heterocycles. The van der Waals surface area contributed by atoms with Crippen LogP contribution in [0.1, 0.15) is 55.6 Å². The van der Waals surface area contributed by atoms with Crippen molar-refractivity contribution in [2.45, 2.75) is 56.7 Å². The third-order valence-corrected chi connectivity index (χ3v) is 5.79. The minimum Gasteiger partial charge on any atom is -0.465 e. The topological polar surface area (TPSA) is 69.6 Å². The highest BCUT2D eigenvalue weighted by molar-refractivity contribution is 5.84. The van der Waals surface area contributed by atoms with Gasteiger partial charge in [-0.1, -0.05) is 37.5 Å². The maximum atomic E-state index is 13.3. The zero-order valence-corrected chi connectivity index (χ0v) is 15.5. The summed E-state index contributed by atoms with van der Waals surface area (Å²) in [6, 6.07) is 4.75. The zero-order valence-electron chi connectivity index (χ0n) is 15.5. The minimum absolute atomic E-state index is 0.0104. The number of rotatable bonds is 4. The molecule has 2 atom stereocenters. The van der Waals surface area contributed by atoms with E-state index in [2.05, 4.69) is 5.32 Å². The summed E-state index contributed by atoms with van der Waals surface area (Å²) in [7, 11) is 0. The largest absolute Gasteiger partial charge is 0.465 e. The van der Waals surface area contributed by atoms with Crippen LogP contribution in [-0.4, -0.2) is 41.1 Å². The molecule has 2 aliphatic rings. The lowest BCUT2D eigenvalue weighted by atomic mass is 9.76. The molecule has 28 heavy (non-hydrogen) atoms. The highest BCUT2D eigenvalue weighted by Gasteiger charge is 2.38. The average molecular weight is 398 g/mol. The fraction of sp³-hybridized carbons (Fsp3) is 0.600. The van der Waals surface area contributed by atoms with Crippen LogP contribution in [0.25, 0.3) is 0 Å². The fourth-order valence-corrected chi connectivity index (χ4v) is 4.44. The number of benzene rings is 1. The Morgan fingerprint density at radius 3 is 2.50 bits per heavy atom. The Morgan fingerprint density at radius 1 is 1.14 bits per heavy atom. The molecule has 5 nitrogen and oxygen atoms in total. The number of nitrogens with zero attached hydrogens (tertiary/aromatic N) is 1. The molecule has 0 aromatic heterocycles. The molecule has 3 rings (SSSR count). The van der Waals surface area contributed by atoms with E-state index in [9.17, 15) is 22.8 Å². The van der Waals surface area contributed by atoms with Crippen LogP contribution < -0.4 is 5.32 Å². The van der Waals surface area contributed by atoms with Crippen LogP contribution in [0, 0.1) is 5.92 Å². The lowest BCUT2D eigenvalue weighted by Crippen LogP contribution is -2.40. The first-order valence-electron chi connectivity index (χ1n) is 9.71. The maximum absolute atomic E-state index is 13.3. The summed E-state index contributed by atoms with van der Waals surface area (Å²) in [4.78, 5) is 25.7. The van der Waals surface area contributed by atoms with E-state index in [-0.39, 0.29) is 24.4 Å². The highest BCUT2D eigenvalue weighted by Crippen LogP contribution is 2.39. The summed E-state index contributed by atoms with van der Waals surface area (Å²) in [5, 5.41) is 11.3. The minimum atomic E-state index is -4.46. The normalized spacial score (nSPS) is 22.1. The van der Waals surface area contributed by atoms with Gasteiger partial charge in [-0.2, -0.15) is 13.2 Å². The van der Waals surface area contributed by atoms with Crippen LogP contribution in [0.3, 0.4) is 0 Å². The zero-order chi connectivity index (χ0) is 20.3. The molecule has 1 aromatic carbocycles. The Hall–Kier alpha value is -2.25. The van der Waals surface area contributed by atoms with E-state index in [1.165, 1.54) is 6.07 Å². The molecule has 1 saturated heterocycles. The molecule has 1 unspecified atom stereocenters. The molecule has 154 valence electrons. The molecule has 1 heterocycles. The Bertz CT molecular complexity index is 717. The number of likely N-dealkylation sites (tertiary alicyclic amines) is 1. The molecule has 0 radical (unpaired) electrons. The summed E-state index contributed by atoms with van der Waals surface area (Å²) in [6.45, 7) is 0.666. The van der Waals surface area contributed by atoms with Crippen molar-refractivity contribution in [1.82, 2.24) is 10.2 Å². The van der Waals surface area contributed by atoms with Gasteiger partial charge >= 0.3 is 12.3 Å². The van der Waals surface area contributed by atoms with Crippen molar-refractivity contribution in [3.63, 3.8) is 0 Å². The molecule has 8 heteroatoms. The SMILES string of the molecule is O=C(O)N[C@@H]1CCN(C(=O)C(c2cccc(C(F)(F)F)c2)C2CCCCC2)C1. The molecular weight excluding hydrogens is 373 g/mol. The quantitative estimate of drug-likeness (QED) is 0.797.